The van der Waals surface area contributed by atoms with Crippen molar-refractivity contribution in [2.45, 2.75) is 63.8 Å². The van der Waals surface area contributed by atoms with Crippen LogP contribution in [0.5, 0.6) is 0 Å². The Labute approximate surface area is 103 Å². The van der Waals surface area contributed by atoms with Crippen LogP contribution in [0.3, 0.4) is 0 Å². The van der Waals surface area contributed by atoms with Crippen LogP contribution in [-0.4, -0.2) is 17.5 Å². The maximum Gasteiger partial charge on any atom is 0.0576 e. The van der Waals surface area contributed by atoms with Gasteiger partial charge >= 0.3 is 0 Å². The monoisotopic (exact) mass is 276 g/mol. The van der Waals surface area contributed by atoms with E-state index in [0.29, 0.717) is 10.9 Å². The Morgan fingerprint density at radius 2 is 2.07 bits per heavy atom. The number of halogens is 1. The van der Waals surface area contributed by atoms with Gasteiger partial charge in [-0.1, -0.05) is 43.1 Å². The summed E-state index contributed by atoms with van der Waals surface area (Å²) in [4.78, 5) is 0.641. The summed E-state index contributed by atoms with van der Waals surface area (Å²) in [6.07, 6.45) is 7.06. The molecule has 1 nitrogen and oxygen atoms in total. The maximum atomic E-state index is 5.64. The van der Waals surface area contributed by atoms with Crippen molar-refractivity contribution in [2.24, 2.45) is 11.8 Å². The fourth-order valence-electron chi connectivity index (χ4n) is 2.55. The second kappa shape index (κ2) is 6.90. The number of alkyl halides is 1. The predicted octanol–water partition coefficient (Wildman–Crippen LogP) is 4.39. The van der Waals surface area contributed by atoms with Crippen molar-refractivity contribution < 1.29 is 4.74 Å². The van der Waals surface area contributed by atoms with E-state index in [-0.39, 0.29) is 0 Å². The minimum atomic E-state index is 0.573. The normalized spacial score (nSPS) is 25.8. The summed E-state index contributed by atoms with van der Waals surface area (Å²) in [5, 5.41) is 0. The summed E-state index contributed by atoms with van der Waals surface area (Å²) >= 11 is 3.72. The molecule has 0 radical (unpaired) electrons. The van der Waals surface area contributed by atoms with Gasteiger partial charge in [-0.05, 0) is 37.5 Å². The summed E-state index contributed by atoms with van der Waals surface area (Å²) in [6.45, 7) is 7.92. The first kappa shape index (κ1) is 13.5. The Kier molecular flexibility index (Phi) is 6.21. The molecule has 1 heterocycles. The Balaban J connectivity index is 2.15. The zero-order valence-electron chi connectivity index (χ0n) is 10.3. The van der Waals surface area contributed by atoms with Crippen LogP contribution >= 0.6 is 15.9 Å². The maximum absolute atomic E-state index is 5.64. The van der Waals surface area contributed by atoms with Crippen LogP contribution in [0.2, 0.25) is 0 Å². The minimum Gasteiger partial charge on any atom is -0.378 e. The molecule has 3 unspecified atom stereocenters. The van der Waals surface area contributed by atoms with Crippen molar-refractivity contribution in [1.82, 2.24) is 0 Å². The molecule has 1 rings (SSSR count). The van der Waals surface area contributed by atoms with Gasteiger partial charge in [-0.3, -0.25) is 0 Å². The molecule has 0 aliphatic carbocycles. The van der Waals surface area contributed by atoms with Gasteiger partial charge in [0.25, 0.3) is 0 Å². The lowest BCUT2D eigenvalue weighted by molar-refractivity contribution is 0.0999. The largest absolute Gasteiger partial charge is 0.378 e. The van der Waals surface area contributed by atoms with E-state index in [1.54, 1.807) is 0 Å². The van der Waals surface area contributed by atoms with E-state index in [0.717, 1.165) is 18.4 Å². The third-order valence-electron chi connectivity index (χ3n) is 3.53. The SMILES string of the molecule is CC(C)C(CCCC1CCCO1)C(C)Br. The highest BCUT2D eigenvalue weighted by molar-refractivity contribution is 9.09. The summed E-state index contributed by atoms with van der Waals surface area (Å²) in [6, 6.07) is 0. The zero-order chi connectivity index (χ0) is 11.3. The topological polar surface area (TPSA) is 9.23 Å². The first-order chi connectivity index (χ1) is 7.11. The lowest BCUT2D eigenvalue weighted by atomic mass is 9.88. The molecule has 0 aromatic carbocycles. The Morgan fingerprint density at radius 3 is 2.53 bits per heavy atom. The molecule has 0 spiro atoms. The van der Waals surface area contributed by atoms with E-state index in [1.165, 1.54) is 32.1 Å². The summed E-state index contributed by atoms with van der Waals surface area (Å²) < 4.78 is 5.64. The molecule has 90 valence electrons. The van der Waals surface area contributed by atoms with Crippen molar-refractivity contribution in [3.05, 3.63) is 0 Å². The van der Waals surface area contributed by atoms with Crippen LogP contribution in [0.25, 0.3) is 0 Å². The average Bonchev–Trinajstić information content (AvgIpc) is 2.63. The van der Waals surface area contributed by atoms with Gasteiger partial charge in [0.1, 0.15) is 0 Å². The molecular formula is C13H25BrO. The van der Waals surface area contributed by atoms with Crippen LogP contribution in [0.1, 0.15) is 52.9 Å². The standard InChI is InChI=1S/C13H25BrO/c1-10(2)13(11(3)14)8-4-6-12-7-5-9-15-12/h10-13H,4-9H2,1-3H3. The van der Waals surface area contributed by atoms with Gasteiger partial charge in [0.05, 0.1) is 6.10 Å². The highest BCUT2D eigenvalue weighted by Gasteiger charge is 2.20. The van der Waals surface area contributed by atoms with E-state index in [1.807, 2.05) is 0 Å². The molecule has 0 N–H and O–H groups in total. The van der Waals surface area contributed by atoms with Crippen LogP contribution < -0.4 is 0 Å². The molecule has 2 heteroatoms. The number of hydrogen-bond donors (Lipinski definition) is 0. The van der Waals surface area contributed by atoms with Crippen LogP contribution in [0, 0.1) is 11.8 Å². The molecule has 0 amide bonds. The van der Waals surface area contributed by atoms with Crippen molar-refractivity contribution in [1.29, 1.82) is 0 Å². The van der Waals surface area contributed by atoms with Gasteiger partial charge < -0.3 is 4.74 Å². The van der Waals surface area contributed by atoms with Gasteiger partial charge in [-0.15, -0.1) is 0 Å². The number of hydrogen-bond acceptors (Lipinski definition) is 1. The van der Waals surface area contributed by atoms with Crippen LogP contribution in [0.4, 0.5) is 0 Å². The third kappa shape index (κ3) is 4.86. The second-order valence-electron chi connectivity index (χ2n) is 5.15. The fourth-order valence-corrected chi connectivity index (χ4v) is 3.42. The van der Waals surface area contributed by atoms with Crippen LogP contribution in [-0.2, 0) is 4.74 Å². The molecular weight excluding hydrogens is 252 g/mol. The Hall–Kier alpha value is 0.440. The molecule has 3 atom stereocenters. The van der Waals surface area contributed by atoms with Gasteiger partial charge in [-0.2, -0.15) is 0 Å². The fraction of sp³-hybridized carbons (Fsp3) is 1.00. The first-order valence-electron chi connectivity index (χ1n) is 6.37. The second-order valence-corrected chi connectivity index (χ2v) is 6.60. The van der Waals surface area contributed by atoms with E-state index in [2.05, 4.69) is 36.7 Å². The van der Waals surface area contributed by atoms with E-state index in [4.69, 9.17) is 4.74 Å². The van der Waals surface area contributed by atoms with Crippen molar-refractivity contribution in [3.63, 3.8) is 0 Å². The lowest BCUT2D eigenvalue weighted by Gasteiger charge is -2.24. The van der Waals surface area contributed by atoms with Gasteiger partial charge in [0.15, 0.2) is 0 Å². The molecule has 1 fully saturated rings. The third-order valence-corrected chi connectivity index (χ3v) is 4.21. The smallest absolute Gasteiger partial charge is 0.0576 e. The van der Waals surface area contributed by atoms with Crippen molar-refractivity contribution in [3.8, 4) is 0 Å². The molecule has 15 heavy (non-hydrogen) atoms. The van der Waals surface area contributed by atoms with Gasteiger partial charge in [0, 0.05) is 11.4 Å². The summed E-state index contributed by atoms with van der Waals surface area (Å²) in [5.74, 6) is 1.59. The summed E-state index contributed by atoms with van der Waals surface area (Å²) in [7, 11) is 0. The molecule has 0 bridgehead atoms. The van der Waals surface area contributed by atoms with Crippen LogP contribution in [0.15, 0.2) is 0 Å². The highest BCUT2D eigenvalue weighted by Crippen LogP contribution is 2.28. The van der Waals surface area contributed by atoms with Gasteiger partial charge in [-0.25, -0.2) is 0 Å². The molecule has 0 aromatic rings. The van der Waals surface area contributed by atoms with Crippen molar-refractivity contribution in [2.75, 3.05) is 6.61 Å². The lowest BCUT2D eigenvalue weighted by Crippen LogP contribution is -2.18. The Morgan fingerprint density at radius 1 is 1.33 bits per heavy atom. The van der Waals surface area contributed by atoms with E-state index >= 15 is 0 Å². The Bertz CT molecular complexity index is 154. The highest BCUT2D eigenvalue weighted by atomic mass is 79.9. The summed E-state index contributed by atoms with van der Waals surface area (Å²) in [5.41, 5.74) is 0. The number of rotatable bonds is 6. The molecule has 1 aliphatic heterocycles. The molecule has 0 saturated carbocycles. The minimum absolute atomic E-state index is 0.573. The molecule has 1 saturated heterocycles. The van der Waals surface area contributed by atoms with Gasteiger partial charge in [0.2, 0.25) is 0 Å². The average molecular weight is 277 g/mol. The first-order valence-corrected chi connectivity index (χ1v) is 7.28. The zero-order valence-corrected chi connectivity index (χ0v) is 11.9. The molecule has 1 aliphatic rings. The van der Waals surface area contributed by atoms with E-state index in [9.17, 15) is 0 Å². The van der Waals surface area contributed by atoms with Crippen molar-refractivity contribution >= 4 is 15.9 Å². The predicted molar refractivity (Wildman–Crippen MR) is 69.5 cm³/mol. The number of ether oxygens (including phenoxy) is 1. The molecule has 0 aromatic heterocycles. The van der Waals surface area contributed by atoms with E-state index < -0.39 is 0 Å². The quantitative estimate of drug-likeness (QED) is 0.654.